The number of hydrogen-bond donors (Lipinski definition) is 4. The minimum absolute atomic E-state index is 0.0160. The number of carbonyl (C=O) groups excluding carboxylic acids is 3. The lowest BCUT2D eigenvalue weighted by atomic mass is 9.81. The zero-order valence-electron chi connectivity index (χ0n) is 22.9. The van der Waals surface area contributed by atoms with Crippen LogP contribution in [-0.4, -0.2) is 56.1 Å². The van der Waals surface area contributed by atoms with Crippen LogP contribution < -0.4 is 11.1 Å². The Labute approximate surface area is 238 Å². The van der Waals surface area contributed by atoms with Gasteiger partial charge in [0.1, 0.15) is 11.8 Å². The van der Waals surface area contributed by atoms with Crippen molar-refractivity contribution in [3.63, 3.8) is 0 Å². The van der Waals surface area contributed by atoms with Crippen molar-refractivity contribution in [1.82, 2.24) is 10.2 Å². The van der Waals surface area contributed by atoms with Crippen molar-refractivity contribution in [2.24, 2.45) is 11.7 Å². The van der Waals surface area contributed by atoms with E-state index in [1.54, 1.807) is 31.2 Å². The summed E-state index contributed by atoms with van der Waals surface area (Å²) in [6.07, 6.45) is -0.0160. The van der Waals surface area contributed by atoms with Crippen molar-refractivity contribution in [2.75, 3.05) is 11.6 Å². The molecule has 40 heavy (non-hydrogen) atoms. The molecular weight excluding hydrogens is 526 g/mol. The number of thioether (sulfide) groups is 1. The molecule has 0 aliphatic carbocycles. The van der Waals surface area contributed by atoms with Crippen molar-refractivity contribution in [2.45, 2.75) is 45.5 Å². The van der Waals surface area contributed by atoms with Gasteiger partial charge in [0.25, 0.3) is 5.91 Å². The van der Waals surface area contributed by atoms with E-state index in [-0.39, 0.29) is 29.5 Å². The first-order chi connectivity index (χ1) is 19.0. The molecule has 1 fully saturated rings. The fourth-order valence-electron chi connectivity index (χ4n) is 5.04. The van der Waals surface area contributed by atoms with Gasteiger partial charge >= 0.3 is 0 Å². The second-order valence-electron chi connectivity index (χ2n) is 10.3. The van der Waals surface area contributed by atoms with Crippen molar-refractivity contribution < 1.29 is 24.6 Å². The van der Waals surface area contributed by atoms with Crippen LogP contribution in [0.4, 0.5) is 0 Å². The van der Waals surface area contributed by atoms with Gasteiger partial charge in [-0.2, -0.15) is 0 Å². The molecular formula is C31H35N3O5S. The van der Waals surface area contributed by atoms with Gasteiger partial charge in [-0.05, 0) is 55.5 Å². The Kier molecular flexibility index (Phi) is 8.98. The van der Waals surface area contributed by atoms with Crippen molar-refractivity contribution in [3.05, 3.63) is 100 Å². The molecule has 0 saturated carbocycles. The molecule has 8 nitrogen and oxygen atoms in total. The molecule has 5 N–H and O–H groups in total. The van der Waals surface area contributed by atoms with Gasteiger partial charge in [0.05, 0.1) is 11.8 Å². The lowest BCUT2D eigenvalue weighted by Crippen LogP contribution is -2.64. The summed E-state index contributed by atoms with van der Waals surface area (Å²) in [4.78, 5) is 42.2. The standard InChI is InChI=1S/C31H35N3O5S/c1-19-9-7-10-20(2)24(19)16-33-29(37)26-17-40-18-34(26)30(38)31(32,39)25(15-22-11-5-4-6-12-22)28(36)23-13-8-14-27(35)21(23)3/h4-14,25-26,35,39H,15-18,32H2,1-3H3,(H,33,37)/t25-,26?,31+/m1/s1. The van der Waals surface area contributed by atoms with E-state index in [2.05, 4.69) is 5.32 Å². The molecule has 3 aromatic carbocycles. The lowest BCUT2D eigenvalue weighted by molar-refractivity contribution is -0.157. The fourth-order valence-corrected chi connectivity index (χ4v) is 6.19. The maximum absolute atomic E-state index is 13.8. The first-order valence-electron chi connectivity index (χ1n) is 13.1. The number of nitrogens with two attached hydrogens (primary N) is 1. The molecule has 1 unspecified atom stereocenters. The Morgan fingerprint density at radius 2 is 1.68 bits per heavy atom. The maximum atomic E-state index is 13.8. The maximum Gasteiger partial charge on any atom is 0.271 e. The highest BCUT2D eigenvalue weighted by molar-refractivity contribution is 7.99. The van der Waals surface area contributed by atoms with Crippen molar-refractivity contribution in [1.29, 1.82) is 0 Å². The third-order valence-electron chi connectivity index (χ3n) is 7.57. The first kappa shape index (κ1) is 29.3. The van der Waals surface area contributed by atoms with Crippen LogP contribution >= 0.6 is 11.8 Å². The number of aromatic hydroxyl groups is 1. The molecule has 4 rings (SSSR count). The number of aryl methyl sites for hydroxylation is 2. The average Bonchev–Trinajstić information content (AvgIpc) is 3.42. The SMILES string of the molecule is Cc1cccc(C)c1CNC(=O)C1CSCN1C(=O)[C@@](N)(O)[C@H](Cc1ccccc1)C(=O)c1cccc(O)c1C. The predicted octanol–water partition coefficient (Wildman–Crippen LogP) is 3.22. The summed E-state index contributed by atoms with van der Waals surface area (Å²) in [5.41, 5.74) is 8.06. The molecule has 2 amide bonds. The van der Waals surface area contributed by atoms with Gasteiger partial charge in [0.2, 0.25) is 11.6 Å². The number of hydrogen-bond acceptors (Lipinski definition) is 7. The Balaban J connectivity index is 1.60. The van der Waals surface area contributed by atoms with E-state index in [9.17, 15) is 24.6 Å². The smallest absolute Gasteiger partial charge is 0.271 e. The molecule has 9 heteroatoms. The number of Topliss-reactive ketones (excluding diaryl/α,β-unsaturated/α-hetero) is 1. The second-order valence-corrected chi connectivity index (χ2v) is 11.3. The highest BCUT2D eigenvalue weighted by atomic mass is 32.2. The van der Waals surface area contributed by atoms with E-state index in [0.29, 0.717) is 23.4 Å². The number of nitrogens with one attached hydrogen (secondary N) is 1. The van der Waals surface area contributed by atoms with Gasteiger partial charge in [-0.25, -0.2) is 0 Å². The molecule has 1 saturated heterocycles. The Hall–Kier alpha value is -3.66. The number of carbonyl (C=O) groups is 3. The highest BCUT2D eigenvalue weighted by Gasteiger charge is 2.50. The van der Waals surface area contributed by atoms with Crippen LogP contribution in [-0.2, 0) is 22.6 Å². The van der Waals surface area contributed by atoms with Gasteiger partial charge in [-0.15, -0.1) is 11.8 Å². The van der Waals surface area contributed by atoms with E-state index >= 15 is 0 Å². The van der Waals surface area contributed by atoms with E-state index < -0.39 is 29.4 Å². The molecule has 0 bridgehead atoms. The Morgan fingerprint density at radius 3 is 2.35 bits per heavy atom. The zero-order chi connectivity index (χ0) is 29.0. The molecule has 1 aliphatic rings. The molecule has 1 heterocycles. The number of benzene rings is 3. The summed E-state index contributed by atoms with van der Waals surface area (Å²) in [5, 5.41) is 24.7. The van der Waals surface area contributed by atoms with E-state index in [1.807, 2.05) is 38.1 Å². The van der Waals surface area contributed by atoms with Gasteiger partial charge in [-0.3, -0.25) is 20.1 Å². The minimum atomic E-state index is -2.61. The molecule has 0 aromatic heterocycles. The highest BCUT2D eigenvalue weighted by Crippen LogP contribution is 2.31. The monoisotopic (exact) mass is 561 g/mol. The van der Waals surface area contributed by atoms with Crippen LogP contribution in [0, 0.1) is 26.7 Å². The summed E-state index contributed by atoms with van der Waals surface area (Å²) in [5.74, 6) is -2.78. The van der Waals surface area contributed by atoms with Crippen LogP contribution in [0.25, 0.3) is 0 Å². The zero-order valence-corrected chi connectivity index (χ0v) is 23.7. The van der Waals surface area contributed by atoms with Crippen LogP contribution in [0.1, 0.15) is 38.2 Å². The summed E-state index contributed by atoms with van der Waals surface area (Å²) < 4.78 is 0. The normalized spacial score (nSPS) is 17.2. The van der Waals surface area contributed by atoms with Crippen molar-refractivity contribution >= 4 is 29.4 Å². The minimum Gasteiger partial charge on any atom is -0.508 e. The number of ketones is 1. The molecule has 0 radical (unpaired) electrons. The summed E-state index contributed by atoms with van der Waals surface area (Å²) in [7, 11) is 0. The number of phenolic OH excluding ortho intramolecular Hbond substituents is 1. The molecule has 210 valence electrons. The molecule has 3 atom stereocenters. The Bertz CT molecular complexity index is 1390. The molecule has 0 spiro atoms. The van der Waals surface area contributed by atoms with Crippen LogP contribution in [0.5, 0.6) is 5.75 Å². The number of nitrogens with zero attached hydrogens (tertiary/aromatic N) is 1. The molecule has 3 aromatic rings. The number of aliphatic hydroxyl groups is 1. The summed E-state index contributed by atoms with van der Waals surface area (Å²) >= 11 is 1.38. The van der Waals surface area contributed by atoms with Crippen LogP contribution in [0.15, 0.2) is 66.7 Å². The van der Waals surface area contributed by atoms with E-state index in [4.69, 9.17) is 5.73 Å². The second kappa shape index (κ2) is 12.2. The first-order valence-corrected chi connectivity index (χ1v) is 14.3. The third kappa shape index (κ3) is 6.06. The number of rotatable bonds is 9. The number of phenols is 1. The van der Waals surface area contributed by atoms with Gasteiger partial charge in [0, 0.05) is 23.4 Å². The third-order valence-corrected chi connectivity index (χ3v) is 8.59. The number of amides is 2. The van der Waals surface area contributed by atoms with E-state index in [0.717, 1.165) is 16.7 Å². The van der Waals surface area contributed by atoms with Crippen molar-refractivity contribution in [3.8, 4) is 5.75 Å². The fraction of sp³-hybridized carbons (Fsp3) is 0.323. The van der Waals surface area contributed by atoms with Crippen LogP contribution in [0.2, 0.25) is 0 Å². The van der Waals surface area contributed by atoms with Gasteiger partial charge in [-0.1, -0.05) is 60.7 Å². The Morgan fingerprint density at radius 1 is 1.02 bits per heavy atom. The quantitative estimate of drug-likeness (QED) is 0.233. The average molecular weight is 562 g/mol. The van der Waals surface area contributed by atoms with Gasteiger partial charge in [0.15, 0.2) is 5.78 Å². The van der Waals surface area contributed by atoms with Crippen LogP contribution in [0.3, 0.4) is 0 Å². The topological polar surface area (TPSA) is 133 Å². The van der Waals surface area contributed by atoms with Gasteiger partial charge < -0.3 is 20.4 Å². The summed E-state index contributed by atoms with van der Waals surface area (Å²) in [6.45, 7) is 5.84. The van der Waals surface area contributed by atoms with E-state index in [1.165, 1.54) is 34.9 Å². The predicted molar refractivity (Wildman–Crippen MR) is 156 cm³/mol. The largest absolute Gasteiger partial charge is 0.508 e. The summed E-state index contributed by atoms with van der Waals surface area (Å²) in [6, 6.07) is 18.5. The lowest BCUT2D eigenvalue weighted by Gasteiger charge is -2.35. The molecule has 1 aliphatic heterocycles.